The van der Waals surface area contributed by atoms with E-state index in [1.807, 2.05) is 55.1 Å². The number of likely N-dealkylation sites (tertiary alicyclic amines) is 1. The van der Waals surface area contributed by atoms with Crippen LogP contribution in [0, 0.1) is 0 Å². The van der Waals surface area contributed by atoms with Crippen molar-refractivity contribution in [2.24, 2.45) is 5.73 Å². The quantitative estimate of drug-likeness (QED) is 0.857. The van der Waals surface area contributed by atoms with Crippen LogP contribution in [0.5, 0.6) is 0 Å². The van der Waals surface area contributed by atoms with Gasteiger partial charge in [0.15, 0.2) is 0 Å². The van der Waals surface area contributed by atoms with Gasteiger partial charge in [0.05, 0.1) is 0 Å². The van der Waals surface area contributed by atoms with E-state index in [9.17, 15) is 4.79 Å². The average Bonchev–Trinajstić information content (AvgIpc) is 2.69. The highest BCUT2D eigenvalue weighted by Gasteiger charge is 2.31. The summed E-state index contributed by atoms with van der Waals surface area (Å²) in [4.78, 5) is 16.3. The van der Waals surface area contributed by atoms with Gasteiger partial charge in [-0.25, -0.2) is 0 Å². The highest BCUT2D eigenvalue weighted by Crippen LogP contribution is 2.21. The number of hydrogen-bond donors (Lipinski definition) is 1. The molecule has 1 saturated heterocycles. The Hall–Kier alpha value is -1.55. The van der Waals surface area contributed by atoms with Gasteiger partial charge in [-0.15, -0.1) is 0 Å². The number of nitrogens with two attached hydrogens (primary N) is 1. The first kappa shape index (κ1) is 12.9. The van der Waals surface area contributed by atoms with Crippen molar-refractivity contribution >= 4 is 11.6 Å². The van der Waals surface area contributed by atoms with Crippen molar-refractivity contribution in [3.05, 3.63) is 29.8 Å². The number of carbonyl (C=O) groups excluding carboxylic acids is 1. The SMILES string of the molecule is CC1C(N)CCN1C(=O)c1cccc(N(C)C)c1. The Kier molecular flexibility index (Phi) is 3.57. The molecule has 2 rings (SSSR count). The highest BCUT2D eigenvalue weighted by molar-refractivity contribution is 5.95. The van der Waals surface area contributed by atoms with Gasteiger partial charge < -0.3 is 15.5 Å². The van der Waals surface area contributed by atoms with E-state index in [2.05, 4.69) is 0 Å². The molecule has 2 unspecified atom stereocenters. The van der Waals surface area contributed by atoms with Gasteiger partial charge in [-0.2, -0.15) is 0 Å². The zero-order chi connectivity index (χ0) is 13.3. The van der Waals surface area contributed by atoms with Gasteiger partial charge in [0.1, 0.15) is 0 Å². The standard InChI is InChI=1S/C14H21N3O/c1-10-13(15)7-8-17(10)14(18)11-5-4-6-12(9-11)16(2)3/h4-6,9-10,13H,7-8,15H2,1-3H3. The first-order valence-corrected chi connectivity index (χ1v) is 6.34. The normalized spacial score (nSPS) is 23.2. The minimum Gasteiger partial charge on any atom is -0.378 e. The fourth-order valence-electron chi connectivity index (χ4n) is 2.33. The summed E-state index contributed by atoms with van der Waals surface area (Å²) in [5.74, 6) is 0.0825. The molecule has 0 aliphatic carbocycles. The maximum Gasteiger partial charge on any atom is 0.254 e. The fourth-order valence-corrected chi connectivity index (χ4v) is 2.33. The number of carbonyl (C=O) groups is 1. The molecule has 1 aliphatic rings. The third-order valence-corrected chi connectivity index (χ3v) is 3.68. The molecule has 1 aromatic carbocycles. The number of hydrogen-bond acceptors (Lipinski definition) is 3. The van der Waals surface area contributed by atoms with E-state index in [0.29, 0.717) is 0 Å². The van der Waals surface area contributed by atoms with Gasteiger partial charge in [0.2, 0.25) is 0 Å². The van der Waals surface area contributed by atoms with Crippen LogP contribution in [0.25, 0.3) is 0 Å². The smallest absolute Gasteiger partial charge is 0.254 e. The lowest BCUT2D eigenvalue weighted by Crippen LogP contribution is -2.40. The van der Waals surface area contributed by atoms with E-state index < -0.39 is 0 Å². The van der Waals surface area contributed by atoms with Crippen LogP contribution < -0.4 is 10.6 Å². The largest absolute Gasteiger partial charge is 0.378 e. The molecule has 4 heteroatoms. The first-order chi connectivity index (χ1) is 8.50. The Labute approximate surface area is 108 Å². The molecule has 18 heavy (non-hydrogen) atoms. The van der Waals surface area contributed by atoms with Gasteiger partial charge in [0.25, 0.3) is 5.91 Å². The zero-order valence-corrected chi connectivity index (χ0v) is 11.3. The van der Waals surface area contributed by atoms with E-state index in [0.717, 1.165) is 24.2 Å². The van der Waals surface area contributed by atoms with E-state index >= 15 is 0 Å². The van der Waals surface area contributed by atoms with Crippen molar-refractivity contribution < 1.29 is 4.79 Å². The Bertz CT molecular complexity index is 444. The van der Waals surface area contributed by atoms with E-state index in [-0.39, 0.29) is 18.0 Å². The highest BCUT2D eigenvalue weighted by atomic mass is 16.2. The fraction of sp³-hybridized carbons (Fsp3) is 0.500. The second kappa shape index (κ2) is 4.98. The van der Waals surface area contributed by atoms with Crippen molar-refractivity contribution in [2.45, 2.75) is 25.4 Å². The van der Waals surface area contributed by atoms with Crippen molar-refractivity contribution in [3.63, 3.8) is 0 Å². The number of benzene rings is 1. The first-order valence-electron chi connectivity index (χ1n) is 6.34. The van der Waals surface area contributed by atoms with Crippen LogP contribution in [0.3, 0.4) is 0 Å². The van der Waals surface area contributed by atoms with Crippen LogP contribution in [0.4, 0.5) is 5.69 Å². The third kappa shape index (κ3) is 2.34. The molecule has 1 fully saturated rings. The molecule has 2 atom stereocenters. The number of anilines is 1. The summed E-state index contributed by atoms with van der Waals surface area (Å²) >= 11 is 0. The van der Waals surface area contributed by atoms with Crippen LogP contribution >= 0.6 is 0 Å². The van der Waals surface area contributed by atoms with Gasteiger partial charge in [-0.05, 0) is 31.5 Å². The zero-order valence-electron chi connectivity index (χ0n) is 11.3. The topological polar surface area (TPSA) is 49.6 Å². The Morgan fingerprint density at radius 2 is 2.17 bits per heavy atom. The van der Waals surface area contributed by atoms with E-state index in [1.54, 1.807) is 0 Å². The molecule has 1 aliphatic heterocycles. The van der Waals surface area contributed by atoms with Crippen molar-refractivity contribution in [1.29, 1.82) is 0 Å². The maximum atomic E-state index is 12.4. The predicted molar refractivity (Wildman–Crippen MR) is 73.9 cm³/mol. The molecule has 0 radical (unpaired) electrons. The van der Waals surface area contributed by atoms with Gasteiger partial charge >= 0.3 is 0 Å². The van der Waals surface area contributed by atoms with Crippen LogP contribution in [0.15, 0.2) is 24.3 Å². The molecule has 1 aromatic rings. The summed E-state index contributed by atoms with van der Waals surface area (Å²) in [6.45, 7) is 2.78. The lowest BCUT2D eigenvalue weighted by molar-refractivity contribution is 0.0742. The molecule has 98 valence electrons. The Balaban J connectivity index is 2.21. The molecular weight excluding hydrogens is 226 g/mol. The summed E-state index contributed by atoms with van der Waals surface area (Å²) < 4.78 is 0. The number of rotatable bonds is 2. The molecule has 0 aromatic heterocycles. The van der Waals surface area contributed by atoms with Crippen LogP contribution in [-0.4, -0.2) is 43.5 Å². The monoisotopic (exact) mass is 247 g/mol. The van der Waals surface area contributed by atoms with Crippen molar-refractivity contribution in [3.8, 4) is 0 Å². The Morgan fingerprint density at radius 1 is 1.44 bits per heavy atom. The van der Waals surface area contributed by atoms with E-state index in [1.165, 1.54) is 0 Å². The summed E-state index contributed by atoms with van der Waals surface area (Å²) in [6.07, 6.45) is 0.889. The molecule has 0 bridgehead atoms. The van der Waals surface area contributed by atoms with Crippen molar-refractivity contribution in [2.75, 3.05) is 25.5 Å². The summed E-state index contributed by atoms with van der Waals surface area (Å²) in [7, 11) is 3.94. The van der Waals surface area contributed by atoms with Gasteiger partial charge in [0, 0.05) is 44.0 Å². The molecule has 0 saturated carbocycles. The maximum absolute atomic E-state index is 12.4. The second-order valence-electron chi connectivity index (χ2n) is 5.14. The minimum absolute atomic E-state index is 0.0825. The third-order valence-electron chi connectivity index (χ3n) is 3.68. The molecular formula is C14H21N3O. The molecule has 1 amide bonds. The van der Waals surface area contributed by atoms with Gasteiger partial charge in [-0.1, -0.05) is 6.07 Å². The second-order valence-corrected chi connectivity index (χ2v) is 5.14. The van der Waals surface area contributed by atoms with Crippen LogP contribution in [0.2, 0.25) is 0 Å². The van der Waals surface area contributed by atoms with Gasteiger partial charge in [-0.3, -0.25) is 4.79 Å². The average molecular weight is 247 g/mol. The molecule has 4 nitrogen and oxygen atoms in total. The number of amides is 1. The Morgan fingerprint density at radius 3 is 2.72 bits per heavy atom. The van der Waals surface area contributed by atoms with Crippen molar-refractivity contribution in [1.82, 2.24) is 4.90 Å². The van der Waals surface area contributed by atoms with Crippen LogP contribution in [0.1, 0.15) is 23.7 Å². The minimum atomic E-state index is 0.0825. The molecule has 0 spiro atoms. The predicted octanol–water partition coefficient (Wildman–Crippen LogP) is 1.31. The molecule has 2 N–H and O–H groups in total. The van der Waals surface area contributed by atoms with E-state index in [4.69, 9.17) is 5.73 Å². The lowest BCUT2D eigenvalue weighted by atomic mass is 10.1. The summed E-state index contributed by atoms with van der Waals surface area (Å²) in [5.41, 5.74) is 7.74. The summed E-state index contributed by atoms with van der Waals surface area (Å²) in [6, 6.07) is 7.94. The molecule has 1 heterocycles. The number of nitrogens with zero attached hydrogens (tertiary/aromatic N) is 2. The summed E-state index contributed by atoms with van der Waals surface area (Å²) in [5, 5.41) is 0. The van der Waals surface area contributed by atoms with Crippen LogP contribution in [-0.2, 0) is 0 Å². The lowest BCUT2D eigenvalue weighted by Gasteiger charge is -2.24.